The van der Waals surface area contributed by atoms with Gasteiger partial charge in [-0.3, -0.25) is 4.79 Å². The van der Waals surface area contributed by atoms with Gasteiger partial charge in [0.2, 0.25) is 0 Å². The maximum absolute atomic E-state index is 13.7. The lowest BCUT2D eigenvalue weighted by Gasteiger charge is -2.35. The van der Waals surface area contributed by atoms with Crippen LogP contribution < -0.4 is 0 Å². The Labute approximate surface area is 160 Å². The summed E-state index contributed by atoms with van der Waals surface area (Å²) in [5.74, 6) is -0.330. The number of halogens is 2. The highest BCUT2D eigenvalue weighted by atomic mass is 35.5. The molecule has 0 amide bonds. The minimum atomic E-state index is -0.923. The Morgan fingerprint density at radius 1 is 1.22 bits per heavy atom. The molecule has 3 heterocycles. The molecule has 3 aromatic rings. The van der Waals surface area contributed by atoms with Crippen LogP contribution in [-0.2, 0) is 26.3 Å². The molecule has 1 saturated heterocycles. The van der Waals surface area contributed by atoms with Crippen LogP contribution in [0.25, 0.3) is 11.1 Å². The number of hydrogen-bond acceptors (Lipinski definition) is 5. The number of benzene rings is 1. The zero-order chi connectivity index (χ0) is 18.9. The van der Waals surface area contributed by atoms with E-state index in [2.05, 4.69) is 4.98 Å². The smallest absolute Gasteiger partial charge is 0.317 e. The van der Waals surface area contributed by atoms with Crippen molar-refractivity contribution < 1.29 is 23.1 Å². The summed E-state index contributed by atoms with van der Waals surface area (Å²) in [5, 5.41) is 0.360. The maximum Gasteiger partial charge on any atom is 0.317 e. The summed E-state index contributed by atoms with van der Waals surface area (Å²) in [4.78, 5) is 17.2. The third-order valence-corrected chi connectivity index (χ3v) is 5.06. The minimum absolute atomic E-state index is 0.0370. The Bertz CT molecular complexity index is 981. The van der Waals surface area contributed by atoms with Crippen LogP contribution in [-0.4, -0.2) is 24.2 Å². The molecule has 1 aliphatic rings. The van der Waals surface area contributed by atoms with Crippen molar-refractivity contribution in [2.45, 2.75) is 24.9 Å². The van der Waals surface area contributed by atoms with E-state index in [1.165, 1.54) is 12.1 Å². The lowest BCUT2D eigenvalue weighted by atomic mass is 9.74. The highest BCUT2D eigenvalue weighted by Gasteiger charge is 2.43. The van der Waals surface area contributed by atoms with Crippen LogP contribution >= 0.6 is 11.6 Å². The molecule has 4 rings (SSSR count). The molecule has 1 aromatic carbocycles. The van der Waals surface area contributed by atoms with Crippen molar-refractivity contribution in [2.24, 2.45) is 0 Å². The zero-order valence-corrected chi connectivity index (χ0v) is 15.2. The van der Waals surface area contributed by atoms with Crippen LogP contribution in [0.1, 0.15) is 24.2 Å². The number of fused-ring (bicyclic) bond motifs is 1. The summed E-state index contributed by atoms with van der Waals surface area (Å²) in [6.45, 7) is 0.794. The molecule has 0 saturated carbocycles. The molecule has 0 spiro atoms. The standard InChI is InChI=1S/C20H17ClFNO4/c21-18-5-4-17-16(23-18)11-15(27-17)12-26-19(24)20(6-8-25-9-7-20)13-2-1-3-14(22)10-13/h1-5,10-11H,6-9,12H2. The van der Waals surface area contributed by atoms with Gasteiger partial charge < -0.3 is 13.9 Å². The first-order valence-corrected chi connectivity index (χ1v) is 9.01. The van der Waals surface area contributed by atoms with Gasteiger partial charge in [-0.05, 0) is 42.7 Å². The Morgan fingerprint density at radius 2 is 2.04 bits per heavy atom. The van der Waals surface area contributed by atoms with Gasteiger partial charge in [-0.1, -0.05) is 23.7 Å². The van der Waals surface area contributed by atoms with Crippen molar-refractivity contribution in [2.75, 3.05) is 13.2 Å². The Kier molecular flexibility index (Phi) is 4.85. The summed E-state index contributed by atoms with van der Waals surface area (Å²) in [5.41, 5.74) is 0.846. The van der Waals surface area contributed by atoms with Crippen LogP contribution in [0.15, 0.2) is 46.9 Å². The number of ether oxygens (including phenoxy) is 2. The van der Waals surface area contributed by atoms with Crippen molar-refractivity contribution in [1.82, 2.24) is 4.98 Å². The number of esters is 1. The van der Waals surface area contributed by atoms with Gasteiger partial charge in [0, 0.05) is 19.3 Å². The number of carbonyl (C=O) groups excluding carboxylic acids is 1. The summed E-state index contributed by atoms with van der Waals surface area (Å²) in [6, 6.07) is 11.1. The molecular weight excluding hydrogens is 373 g/mol. The monoisotopic (exact) mass is 389 g/mol. The number of nitrogens with zero attached hydrogens (tertiary/aromatic N) is 1. The van der Waals surface area contributed by atoms with Crippen molar-refractivity contribution >= 4 is 28.7 Å². The van der Waals surface area contributed by atoms with Gasteiger partial charge in [0.15, 0.2) is 5.58 Å². The second kappa shape index (κ2) is 7.29. The normalized spacial score (nSPS) is 16.4. The van der Waals surface area contributed by atoms with E-state index in [0.717, 1.165) is 0 Å². The molecule has 2 aromatic heterocycles. The molecule has 1 aliphatic heterocycles. The van der Waals surface area contributed by atoms with Gasteiger partial charge >= 0.3 is 5.97 Å². The number of aromatic nitrogens is 1. The maximum atomic E-state index is 13.7. The fourth-order valence-corrected chi connectivity index (χ4v) is 3.57. The molecule has 0 N–H and O–H groups in total. The first-order chi connectivity index (χ1) is 13.1. The molecule has 0 atom stereocenters. The first kappa shape index (κ1) is 17.9. The van der Waals surface area contributed by atoms with Gasteiger partial charge in [-0.15, -0.1) is 0 Å². The van der Waals surface area contributed by atoms with E-state index in [1.807, 2.05) is 0 Å². The quantitative estimate of drug-likeness (QED) is 0.488. The summed E-state index contributed by atoms with van der Waals surface area (Å²) < 4.78 is 30.3. The molecule has 7 heteroatoms. The predicted molar refractivity (Wildman–Crippen MR) is 96.9 cm³/mol. The van der Waals surface area contributed by atoms with Crippen LogP contribution in [0.3, 0.4) is 0 Å². The van der Waals surface area contributed by atoms with Gasteiger partial charge in [-0.2, -0.15) is 0 Å². The van der Waals surface area contributed by atoms with E-state index in [0.29, 0.717) is 53.6 Å². The lowest BCUT2D eigenvalue weighted by molar-refractivity contribution is -0.156. The molecule has 0 bridgehead atoms. The third-order valence-electron chi connectivity index (χ3n) is 4.85. The van der Waals surface area contributed by atoms with Crippen molar-refractivity contribution in [1.29, 1.82) is 0 Å². The molecule has 5 nitrogen and oxygen atoms in total. The Morgan fingerprint density at radius 3 is 2.81 bits per heavy atom. The minimum Gasteiger partial charge on any atom is -0.457 e. The average Bonchev–Trinajstić information content (AvgIpc) is 3.08. The van der Waals surface area contributed by atoms with Crippen LogP contribution in [0.5, 0.6) is 0 Å². The fourth-order valence-electron chi connectivity index (χ4n) is 3.41. The SMILES string of the molecule is O=C(OCc1cc2nc(Cl)ccc2o1)C1(c2cccc(F)c2)CCOCC1. The number of carbonyl (C=O) groups is 1. The van der Waals surface area contributed by atoms with Crippen molar-refractivity contribution in [3.8, 4) is 0 Å². The van der Waals surface area contributed by atoms with E-state index in [1.54, 1.807) is 30.3 Å². The first-order valence-electron chi connectivity index (χ1n) is 8.63. The molecular formula is C20H17ClFNO4. The number of hydrogen-bond donors (Lipinski definition) is 0. The fraction of sp³-hybridized carbons (Fsp3) is 0.300. The second-order valence-electron chi connectivity index (χ2n) is 6.51. The van der Waals surface area contributed by atoms with Crippen LogP contribution in [0, 0.1) is 5.82 Å². The van der Waals surface area contributed by atoms with Gasteiger partial charge in [-0.25, -0.2) is 9.37 Å². The van der Waals surface area contributed by atoms with Crippen LogP contribution in [0.2, 0.25) is 5.15 Å². The van der Waals surface area contributed by atoms with Gasteiger partial charge in [0.25, 0.3) is 0 Å². The topological polar surface area (TPSA) is 61.6 Å². The number of rotatable bonds is 4. The van der Waals surface area contributed by atoms with E-state index >= 15 is 0 Å². The van der Waals surface area contributed by atoms with E-state index in [-0.39, 0.29) is 12.4 Å². The third kappa shape index (κ3) is 3.55. The molecule has 0 unspecified atom stereocenters. The zero-order valence-electron chi connectivity index (χ0n) is 14.4. The number of pyridine rings is 1. The second-order valence-corrected chi connectivity index (χ2v) is 6.90. The molecule has 140 valence electrons. The van der Waals surface area contributed by atoms with Crippen molar-refractivity contribution in [3.05, 3.63) is 64.8 Å². The lowest BCUT2D eigenvalue weighted by Crippen LogP contribution is -2.42. The summed E-state index contributed by atoms with van der Waals surface area (Å²) in [6.07, 6.45) is 0.874. The summed E-state index contributed by atoms with van der Waals surface area (Å²) in [7, 11) is 0. The Balaban J connectivity index is 1.56. The Hall–Kier alpha value is -2.44. The van der Waals surface area contributed by atoms with Crippen molar-refractivity contribution in [3.63, 3.8) is 0 Å². The highest BCUT2D eigenvalue weighted by molar-refractivity contribution is 6.29. The van der Waals surface area contributed by atoms with Gasteiger partial charge in [0.1, 0.15) is 28.9 Å². The summed E-state index contributed by atoms with van der Waals surface area (Å²) >= 11 is 5.88. The van der Waals surface area contributed by atoms with E-state index in [4.69, 9.17) is 25.5 Å². The molecule has 1 fully saturated rings. The predicted octanol–water partition coefficient (Wildman–Crippen LogP) is 4.41. The largest absolute Gasteiger partial charge is 0.457 e. The average molecular weight is 390 g/mol. The molecule has 0 radical (unpaired) electrons. The highest BCUT2D eigenvalue weighted by Crippen LogP contribution is 2.37. The van der Waals surface area contributed by atoms with Gasteiger partial charge in [0.05, 0.1) is 5.41 Å². The van der Waals surface area contributed by atoms with Crippen LogP contribution in [0.4, 0.5) is 4.39 Å². The number of furan rings is 1. The van der Waals surface area contributed by atoms with E-state index < -0.39 is 11.4 Å². The molecule has 27 heavy (non-hydrogen) atoms. The molecule has 0 aliphatic carbocycles. The van der Waals surface area contributed by atoms with E-state index in [9.17, 15) is 9.18 Å².